The molecule has 0 atom stereocenters. The van der Waals surface area contributed by atoms with Crippen molar-refractivity contribution in [2.24, 2.45) is 0 Å². The van der Waals surface area contributed by atoms with Gasteiger partial charge >= 0.3 is 0 Å². The second kappa shape index (κ2) is 8.88. The number of benzene rings is 2. The highest BCUT2D eigenvalue weighted by molar-refractivity contribution is 7.89. The molecule has 1 fully saturated rings. The van der Waals surface area contributed by atoms with Crippen LogP contribution in [-0.2, 0) is 14.8 Å². The Balaban J connectivity index is 1.61. The number of hydrogen-bond acceptors (Lipinski definition) is 3. The molecule has 2 N–H and O–H groups in total. The van der Waals surface area contributed by atoms with Crippen LogP contribution in [0.3, 0.4) is 0 Å². The summed E-state index contributed by atoms with van der Waals surface area (Å²) in [6.07, 6.45) is 0. The lowest BCUT2D eigenvalue weighted by molar-refractivity contribution is -0.895. The summed E-state index contributed by atoms with van der Waals surface area (Å²) in [6, 6.07) is 9.64. The van der Waals surface area contributed by atoms with Crippen molar-refractivity contribution in [2.75, 3.05) is 38.0 Å². The van der Waals surface area contributed by atoms with Gasteiger partial charge in [-0.05, 0) is 62.9 Å². The first-order valence-electron chi connectivity index (χ1n) is 10.4. The van der Waals surface area contributed by atoms with E-state index in [0.29, 0.717) is 37.6 Å². The van der Waals surface area contributed by atoms with Gasteiger partial charge in [0, 0.05) is 5.69 Å². The highest BCUT2D eigenvalue weighted by Crippen LogP contribution is 2.22. The molecule has 2 aromatic rings. The van der Waals surface area contributed by atoms with Gasteiger partial charge in [0.2, 0.25) is 10.0 Å². The van der Waals surface area contributed by atoms with Crippen LogP contribution >= 0.6 is 0 Å². The van der Waals surface area contributed by atoms with Gasteiger partial charge in [-0.15, -0.1) is 0 Å². The van der Waals surface area contributed by atoms with Gasteiger partial charge in [0.25, 0.3) is 5.91 Å². The third-order valence-electron chi connectivity index (χ3n) is 5.74. The van der Waals surface area contributed by atoms with Crippen molar-refractivity contribution in [3.8, 4) is 0 Å². The molecule has 0 aromatic heterocycles. The van der Waals surface area contributed by atoms with Crippen molar-refractivity contribution in [1.29, 1.82) is 0 Å². The lowest BCUT2D eigenvalue weighted by Crippen LogP contribution is -3.15. The molecular weight excluding hydrogens is 398 g/mol. The molecule has 0 bridgehead atoms. The maximum absolute atomic E-state index is 13.1. The number of carbonyl (C=O) groups is 1. The third-order valence-corrected chi connectivity index (χ3v) is 7.78. The van der Waals surface area contributed by atoms with E-state index in [9.17, 15) is 13.2 Å². The molecule has 0 saturated carbocycles. The zero-order valence-electron chi connectivity index (χ0n) is 18.5. The number of hydrogen-bond donors (Lipinski definition) is 2. The van der Waals surface area contributed by atoms with Gasteiger partial charge in [-0.25, -0.2) is 8.42 Å². The summed E-state index contributed by atoms with van der Waals surface area (Å²) in [5, 5.41) is 3.04. The number of amides is 1. The van der Waals surface area contributed by atoms with E-state index in [1.54, 1.807) is 10.4 Å². The van der Waals surface area contributed by atoms with Crippen molar-refractivity contribution in [3.05, 3.63) is 58.1 Å². The predicted octanol–water partition coefficient (Wildman–Crippen LogP) is 1.76. The summed E-state index contributed by atoms with van der Waals surface area (Å²) < 4.78 is 27.7. The van der Waals surface area contributed by atoms with E-state index in [4.69, 9.17) is 0 Å². The number of sulfonamides is 1. The van der Waals surface area contributed by atoms with E-state index in [-0.39, 0.29) is 5.91 Å². The lowest BCUT2D eigenvalue weighted by Gasteiger charge is -2.31. The predicted molar refractivity (Wildman–Crippen MR) is 120 cm³/mol. The Hall–Kier alpha value is -2.22. The first-order valence-corrected chi connectivity index (χ1v) is 11.8. The van der Waals surface area contributed by atoms with Crippen LogP contribution in [0.5, 0.6) is 0 Å². The van der Waals surface area contributed by atoms with E-state index in [2.05, 4.69) is 17.4 Å². The lowest BCUT2D eigenvalue weighted by atomic mass is 10.1. The molecule has 1 aliphatic heterocycles. The Kier molecular flexibility index (Phi) is 6.65. The smallest absolute Gasteiger partial charge is 0.279 e. The number of carbonyl (C=O) groups excluding carboxylic acids is 1. The zero-order chi connectivity index (χ0) is 22.1. The van der Waals surface area contributed by atoms with E-state index in [1.807, 2.05) is 46.8 Å². The molecule has 1 saturated heterocycles. The number of quaternary nitrogens is 1. The fourth-order valence-electron chi connectivity index (χ4n) is 4.13. The molecule has 162 valence electrons. The molecule has 2 aromatic carbocycles. The first-order chi connectivity index (χ1) is 14.1. The number of nitrogens with zero attached hydrogens (tertiary/aromatic N) is 1. The quantitative estimate of drug-likeness (QED) is 0.759. The molecule has 1 amide bonds. The van der Waals surface area contributed by atoms with Gasteiger partial charge in [0.1, 0.15) is 0 Å². The van der Waals surface area contributed by atoms with E-state index >= 15 is 0 Å². The van der Waals surface area contributed by atoms with E-state index < -0.39 is 10.0 Å². The number of nitrogens with one attached hydrogen (secondary N) is 2. The minimum Gasteiger partial charge on any atom is -0.325 e. The van der Waals surface area contributed by atoms with Crippen LogP contribution in [0, 0.1) is 34.6 Å². The van der Waals surface area contributed by atoms with Gasteiger partial charge in [0.05, 0.1) is 31.1 Å². The van der Waals surface area contributed by atoms with Crippen molar-refractivity contribution in [3.63, 3.8) is 0 Å². The highest BCUT2D eigenvalue weighted by Gasteiger charge is 2.32. The molecule has 3 rings (SSSR count). The van der Waals surface area contributed by atoms with Gasteiger partial charge in [-0.3, -0.25) is 4.79 Å². The summed E-state index contributed by atoms with van der Waals surface area (Å²) in [4.78, 5) is 14.1. The minimum atomic E-state index is -3.51. The number of rotatable bonds is 5. The first kappa shape index (κ1) is 22.5. The summed E-state index contributed by atoms with van der Waals surface area (Å²) in [7, 11) is -3.51. The van der Waals surface area contributed by atoms with E-state index in [0.717, 1.165) is 32.8 Å². The van der Waals surface area contributed by atoms with Gasteiger partial charge in [0.15, 0.2) is 6.54 Å². The van der Waals surface area contributed by atoms with Crippen molar-refractivity contribution in [1.82, 2.24) is 4.31 Å². The molecule has 30 heavy (non-hydrogen) atoms. The maximum Gasteiger partial charge on any atom is 0.279 e. The van der Waals surface area contributed by atoms with Gasteiger partial charge in [-0.2, -0.15) is 4.31 Å². The average molecular weight is 431 g/mol. The monoisotopic (exact) mass is 430 g/mol. The van der Waals surface area contributed by atoms with Crippen LogP contribution in [0.25, 0.3) is 0 Å². The van der Waals surface area contributed by atoms with Crippen molar-refractivity contribution in [2.45, 2.75) is 39.5 Å². The van der Waals surface area contributed by atoms with Gasteiger partial charge < -0.3 is 10.2 Å². The van der Waals surface area contributed by atoms with Crippen molar-refractivity contribution >= 4 is 21.6 Å². The van der Waals surface area contributed by atoms with Gasteiger partial charge in [-0.1, -0.05) is 29.8 Å². The Morgan fingerprint density at radius 3 is 2.13 bits per heavy atom. The number of aryl methyl sites for hydroxylation is 5. The summed E-state index contributed by atoms with van der Waals surface area (Å²) in [5.41, 5.74) is 5.86. The topological polar surface area (TPSA) is 70.9 Å². The fourth-order valence-corrected chi connectivity index (χ4v) is 5.88. The molecule has 0 radical (unpaired) electrons. The molecule has 7 heteroatoms. The second-order valence-electron chi connectivity index (χ2n) is 8.42. The highest BCUT2D eigenvalue weighted by atomic mass is 32.2. The number of piperazine rings is 1. The summed E-state index contributed by atoms with van der Waals surface area (Å²) in [5.74, 6) is -0.0362. The fraction of sp³-hybridized carbons (Fsp3) is 0.435. The largest absolute Gasteiger partial charge is 0.325 e. The normalized spacial score (nSPS) is 15.9. The SMILES string of the molecule is Cc1cc(C)c(NC(=O)C[NH+]2CCN(S(=O)(=O)c3cc(C)ccc3C)CC2)c(C)c1. The second-order valence-corrected chi connectivity index (χ2v) is 10.3. The third kappa shape index (κ3) is 4.91. The molecule has 6 nitrogen and oxygen atoms in total. The molecule has 1 aliphatic rings. The van der Waals surface area contributed by atoms with Crippen molar-refractivity contribution < 1.29 is 18.1 Å². The van der Waals surface area contributed by atoms with Crippen LogP contribution in [0.2, 0.25) is 0 Å². The van der Waals surface area contributed by atoms with E-state index in [1.165, 1.54) is 5.56 Å². The average Bonchev–Trinajstić information content (AvgIpc) is 2.67. The van der Waals surface area contributed by atoms with Crippen LogP contribution in [0.4, 0.5) is 5.69 Å². The zero-order valence-corrected chi connectivity index (χ0v) is 19.3. The van der Waals surface area contributed by atoms with Crippen LogP contribution in [-0.4, -0.2) is 51.4 Å². The molecule has 0 aliphatic carbocycles. The molecule has 0 unspecified atom stereocenters. The summed E-state index contributed by atoms with van der Waals surface area (Å²) >= 11 is 0. The minimum absolute atomic E-state index is 0.0362. The molecular formula is C23H32N3O3S+. The standard InChI is InChI=1S/C23H31N3O3S/c1-16-6-7-18(3)21(14-16)30(28,29)26-10-8-25(9-11-26)15-22(27)24-23-19(4)12-17(2)13-20(23)5/h6-7,12-14H,8-11,15H2,1-5H3,(H,24,27)/p+1. The Morgan fingerprint density at radius 1 is 0.933 bits per heavy atom. The Bertz CT molecular complexity index is 1030. The Morgan fingerprint density at radius 2 is 1.53 bits per heavy atom. The maximum atomic E-state index is 13.1. The van der Waals surface area contributed by atoms with Crippen LogP contribution in [0.15, 0.2) is 35.2 Å². The Labute approximate surface area is 179 Å². The number of anilines is 1. The van der Waals surface area contributed by atoms with Crippen LogP contribution < -0.4 is 10.2 Å². The molecule has 1 heterocycles. The molecule has 0 spiro atoms. The summed E-state index contributed by atoms with van der Waals surface area (Å²) in [6.45, 7) is 12.2. The van der Waals surface area contributed by atoms with Crippen LogP contribution in [0.1, 0.15) is 27.8 Å².